The van der Waals surface area contributed by atoms with Gasteiger partial charge in [-0.3, -0.25) is 20.0 Å². The summed E-state index contributed by atoms with van der Waals surface area (Å²) in [6, 6.07) is 33.8. The number of anilines is 1. The Morgan fingerprint density at radius 3 is 2.09 bits per heavy atom. The van der Waals surface area contributed by atoms with Gasteiger partial charge in [0.2, 0.25) is 5.91 Å². The van der Waals surface area contributed by atoms with Gasteiger partial charge in [-0.25, -0.2) is 5.48 Å². The molecule has 4 N–H and O–H groups in total. The number of hydroxylamine groups is 2. The first-order valence-corrected chi connectivity index (χ1v) is 17.7. The summed E-state index contributed by atoms with van der Waals surface area (Å²) in [4.78, 5) is 28.5. The van der Waals surface area contributed by atoms with Gasteiger partial charge >= 0.3 is 6.08 Å². The van der Waals surface area contributed by atoms with Crippen LogP contribution in [0.3, 0.4) is 0 Å². The van der Waals surface area contributed by atoms with Crippen LogP contribution in [0.15, 0.2) is 114 Å². The number of aliphatic hydroxyl groups is 1. The van der Waals surface area contributed by atoms with Crippen molar-refractivity contribution in [3.8, 4) is 28.7 Å². The van der Waals surface area contributed by atoms with Crippen molar-refractivity contribution < 1.29 is 43.7 Å². The van der Waals surface area contributed by atoms with Crippen LogP contribution in [0.1, 0.15) is 74.0 Å². The Morgan fingerprint density at radius 1 is 0.792 bits per heavy atom. The fourth-order valence-corrected chi connectivity index (χ4v) is 6.12. The molecule has 2 unspecified atom stereocenters. The number of hydrogen-bond acceptors (Lipinski definition) is 10. The summed E-state index contributed by atoms with van der Waals surface area (Å²) in [5, 5.41) is 29.4. The highest BCUT2D eigenvalue weighted by Gasteiger charge is 2.33. The van der Waals surface area contributed by atoms with Gasteiger partial charge in [0.1, 0.15) is 12.3 Å². The molecule has 1 aromatic heterocycles. The molecule has 0 saturated carbocycles. The summed E-state index contributed by atoms with van der Waals surface area (Å²) in [5.41, 5.74) is 6.72. The van der Waals surface area contributed by atoms with Gasteiger partial charge in [0, 0.05) is 36.0 Å². The maximum absolute atomic E-state index is 12.7. The van der Waals surface area contributed by atoms with E-state index in [0.717, 1.165) is 28.7 Å². The molecule has 1 aliphatic rings. The van der Waals surface area contributed by atoms with E-state index in [-0.39, 0.29) is 38.2 Å². The number of amides is 2. The Morgan fingerprint density at radius 2 is 1.43 bits per heavy atom. The van der Waals surface area contributed by atoms with Gasteiger partial charge in [0.05, 0.1) is 24.5 Å². The Balaban J connectivity index is 1.14. The number of carbonyl (C=O) groups is 2. The molecule has 0 radical (unpaired) electrons. The van der Waals surface area contributed by atoms with E-state index in [2.05, 4.69) is 0 Å². The lowest BCUT2D eigenvalue weighted by Gasteiger charge is -2.36. The zero-order valence-corrected chi connectivity index (χ0v) is 29.2. The van der Waals surface area contributed by atoms with Gasteiger partial charge in [0.15, 0.2) is 12.1 Å². The third-order valence-electron chi connectivity index (χ3n) is 9.01. The van der Waals surface area contributed by atoms with Gasteiger partial charge in [-0.1, -0.05) is 110 Å². The van der Waals surface area contributed by atoms with E-state index in [1.807, 2.05) is 84.9 Å². The van der Waals surface area contributed by atoms with Crippen LogP contribution in [0.4, 0.5) is 5.69 Å². The van der Waals surface area contributed by atoms with Gasteiger partial charge in [-0.05, 0) is 36.1 Å². The number of rotatable bonds is 16. The zero-order chi connectivity index (χ0) is 37.0. The lowest BCUT2D eigenvalue weighted by Crippen LogP contribution is -2.33. The van der Waals surface area contributed by atoms with Crippen LogP contribution in [0.25, 0.3) is 22.6 Å². The molecular formula is C41H43N3O9. The summed E-state index contributed by atoms with van der Waals surface area (Å²) >= 11 is 0. The molecule has 2 heterocycles. The van der Waals surface area contributed by atoms with Crippen LogP contribution in [0, 0.1) is 0 Å². The summed E-state index contributed by atoms with van der Waals surface area (Å²) in [6.45, 7) is 0.0576. The number of nitrogens with zero attached hydrogens (tertiary/aromatic N) is 2. The van der Waals surface area contributed by atoms with Crippen molar-refractivity contribution in [2.45, 2.75) is 70.1 Å². The lowest BCUT2D eigenvalue weighted by molar-refractivity contribution is -0.255. The number of carbonyl (C=O) groups excluding carboxylic acids is 2. The minimum Gasteiger partial charge on any atom is -0.447 e. The summed E-state index contributed by atoms with van der Waals surface area (Å²) in [6.07, 6.45) is 1.93. The first-order chi connectivity index (χ1) is 25.9. The second kappa shape index (κ2) is 18.4. The Labute approximate surface area is 307 Å². The summed E-state index contributed by atoms with van der Waals surface area (Å²) < 4.78 is 25.2. The molecule has 53 heavy (non-hydrogen) atoms. The number of nitrogens with one attached hydrogen (secondary N) is 1. The smallest absolute Gasteiger partial charge is 0.394 e. The second-order valence-corrected chi connectivity index (χ2v) is 12.8. The van der Waals surface area contributed by atoms with Crippen molar-refractivity contribution in [1.29, 1.82) is 0 Å². The van der Waals surface area contributed by atoms with Crippen LogP contribution < -0.4 is 15.3 Å². The Bertz CT molecular complexity index is 1840. The van der Waals surface area contributed by atoms with E-state index in [0.29, 0.717) is 53.5 Å². The van der Waals surface area contributed by atoms with Crippen molar-refractivity contribution in [3.05, 3.63) is 126 Å². The highest BCUT2D eigenvalue weighted by molar-refractivity contribution is 5.90. The van der Waals surface area contributed by atoms with E-state index in [4.69, 9.17) is 28.8 Å². The SMILES string of the molecule is O=C(CCCCCCC(=O)N(O)c1ccc([C@H]2OC(COc3nc(-c4ccccc4)c(-c4ccccc4)o3)CC(c3ccc(CO)cc3)O2)cc1)NO. The van der Waals surface area contributed by atoms with Gasteiger partial charge in [0.25, 0.3) is 5.91 Å². The highest BCUT2D eigenvalue weighted by Crippen LogP contribution is 2.39. The average Bonchev–Trinajstić information content (AvgIpc) is 3.66. The third-order valence-corrected chi connectivity index (χ3v) is 9.01. The molecule has 12 heteroatoms. The number of unbranched alkanes of at least 4 members (excludes halogenated alkanes) is 3. The first-order valence-electron chi connectivity index (χ1n) is 17.7. The average molecular weight is 722 g/mol. The fourth-order valence-electron chi connectivity index (χ4n) is 6.12. The maximum atomic E-state index is 12.7. The molecular weight excluding hydrogens is 678 g/mol. The van der Waals surface area contributed by atoms with Crippen molar-refractivity contribution in [2.75, 3.05) is 11.7 Å². The molecule has 1 saturated heterocycles. The number of hydrogen-bond donors (Lipinski definition) is 4. The molecule has 4 aromatic carbocycles. The molecule has 12 nitrogen and oxygen atoms in total. The van der Waals surface area contributed by atoms with Gasteiger partial charge in [-0.15, -0.1) is 0 Å². The van der Waals surface area contributed by atoms with E-state index >= 15 is 0 Å². The number of ether oxygens (including phenoxy) is 3. The van der Waals surface area contributed by atoms with E-state index in [9.17, 15) is 19.9 Å². The topological polar surface area (TPSA) is 164 Å². The fraction of sp³-hybridized carbons (Fsp3) is 0.293. The minimum absolute atomic E-state index is 0.0671. The lowest BCUT2D eigenvalue weighted by atomic mass is 10.0. The Kier molecular flexibility index (Phi) is 13.0. The monoisotopic (exact) mass is 721 g/mol. The molecule has 5 aromatic rings. The molecule has 1 fully saturated rings. The normalized spacial score (nSPS) is 16.9. The standard InChI is InChI=1S/C41H43N3O9/c45-26-28-17-19-29(20-18-28)35-25-34(27-50-41-42-38(30-11-5-3-6-12-30)39(53-41)31-13-7-4-8-14-31)51-40(52-35)32-21-23-33(24-22-32)44(49)37(47)16-10-2-1-9-15-36(46)43-48/h3-8,11-14,17-24,34-35,40,45,48-49H,1-2,9-10,15-16,25-27H2,(H,43,46)/t34?,35?,40-/m0/s1. The third kappa shape index (κ3) is 9.95. The molecule has 0 bridgehead atoms. The minimum atomic E-state index is -0.797. The molecule has 0 spiro atoms. The molecule has 3 atom stereocenters. The molecule has 6 rings (SSSR count). The zero-order valence-electron chi connectivity index (χ0n) is 29.2. The molecule has 0 aliphatic carbocycles. The first kappa shape index (κ1) is 37.4. The molecule has 276 valence electrons. The quantitative estimate of drug-likeness (QED) is 0.0451. The van der Waals surface area contributed by atoms with E-state index in [1.165, 1.54) is 0 Å². The van der Waals surface area contributed by atoms with E-state index in [1.54, 1.807) is 29.7 Å². The summed E-state index contributed by atoms with van der Waals surface area (Å²) in [7, 11) is 0. The largest absolute Gasteiger partial charge is 0.447 e. The Hall–Kier alpha value is -5.37. The van der Waals surface area contributed by atoms with Crippen molar-refractivity contribution in [1.82, 2.24) is 10.5 Å². The predicted molar refractivity (Wildman–Crippen MR) is 195 cm³/mol. The van der Waals surface area contributed by atoms with Gasteiger partial charge in [-0.2, -0.15) is 10.0 Å². The predicted octanol–water partition coefficient (Wildman–Crippen LogP) is 7.69. The summed E-state index contributed by atoms with van der Waals surface area (Å²) in [5.74, 6) is -0.287. The number of oxazole rings is 1. The highest BCUT2D eigenvalue weighted by atomic mass is 16.7. The van der Waals surface area contributed by atoms with E-state index < -0.39 is 24.2 Å². The molecule has 2 amide bonds. The van der Waals surface area contributed by atoms with Crippen molar-refractivity contribution >= 4 is 17.5 Å². The van der Waals surface area contributed by atoms with Gasteiger partial charge < -0.3 is 23.7 Å². The van der Waals surface area contributed by atoms with Crippen molar-refractivity contribution in [2.24, 2.45) is 0 Å². The van der Waals surface area contributed by atoms with Crippen LogP contribution in [-0.2, 0) is 25.7 Å². The van der Waals surface area contributed by atoms with Crippen LogP contribution in [0.5, 0.6) is 6.08 Å². The van der Waals surface area contributed by atoms with Crippen LogP contribution >= 0.6 is 0 Å². The molecule has 1 aliphatic heterocycles. The maximum Gasteiger partial charge on any atom is 0.394 e. The number of aromatic nitrogens is 1. The number of benzene rings is 4. The van der Waals surface area contributed by atoms with Crippen LogP contribution in [0.2, 0.25) is 0 Å². The second-order valence-electron chi connectivity index (χ2n) is 12.8. The number of aliphatic hydroxyl groups excluding tert-OH is 1. The van der Waals surface area contributed by atoms with Crippen LogP contribution in [-0.4, -0.2) is 45.0 Å². The van der Waals surface area contributed by atoms with Crippen molar-refractivity contribution in [3.63, 3.8) is 0 Å².